The zero-order valence-corrected chi connectivity index (χ0v) is 11.0. The lowest BCUT2D eigenvalue weighted by Gasteiger charge is -2.19. The van der Waals surface area contributed by atoms with Crippen molar-refractivity contribution in [1.29, 1.82) is 0 Å². The standard InChI is InChI=1S/C15H24/c1-7-13-14(10(2)3)8-12(6)9-15(13)11(4)5/h8-11H,7H2,1-6H3. The van der Waals surface area contributed by atoms with Gasteiger partial charge in [0.25, 0.3) is 0 Å². The number of benzene rings is 1. The Morgan fingerprint density at radius 3 is 1.60 bits per heavy atom. The lowest BCUT2D eigenvalue weighted by atomic mass is 9.86. The summed E-state index contributed by atoms with van der Waals surface area (Å²) in [5, 5.41) is 0. The molecule has 0 heteroatoms. The van der Waals surface area contributed by atoms with Crippen molar-refractivity contribution in [1.82, 2.24) is 0 Å². The van der Waals surface area contributed by atoms with E-state index in [2.05, 4.69) is 53.7 Å². The third-order valence-electron chi connectivity index (χ3n) is 3.06. The Morgan fingerprint density at radius 1 is 0.933 bits per heavy atom. The van der Waals surface area contributed by atoms with Crippen molar-refractivity contribution in [3.63, 3.8) is 0 Å². The van der Waals surface area contributed by atoms with Gasteiger partial charge in [-0.25, -0.2) is 0 Å². The van der Waals surface area contributed by atoms with Gasteiger partial charge in [-0.3, -0.25) is 0 Å². The van der Waals surface area contributed by atoms with Crippen molar-refractivity contribution in [2.45, 2.75) is 59.8 Å². The van der Waals surface area contributed by atoms with Gasteiger partial charge in [0.2, 0.25) is 0 Å². The lowest BCUT2D eigenvalue weighted by molar-refractivity contribution is 0.797. The van der Waals surface area contributed by atoms with Crippen LogP contribution in [0.15, 0.2) is 12.1 Å². The van der Waals surface area contributed by atoms with Crippen LogP contribution in [0, 0.1) is 6.92 Å². The first-order valence-corrected chi connectivity index (χ1v) is 6.10. The molecule has 0 atom stereocenters. The molecule has 1 aromatic rings. The van der Waals surface area contributed by atoms with Crippen LogP contribution in [0.1, 0.15) is 68.7 Å². The molecule has 0 N–H and O–H groups in total. The fourth-order valence-corrected chi connectivity index (χ4v) is 2.31. The Labute approximate surface area is 94.7 Å². The van der Waals surface area contributed by atoms with Gasteiger partial charge in [-0.1, -0.05) is 52.3 Å². The van der Waals surface area contributed by atoms with Crippen LogP contribution in [0.2, 0.25) is 0 Å². The number of hydrogen-bond donors (Lipinski definition) is 0. The summed E-state index contributed by atoms with van der Waals surface area (Å²) in [5.74, 6) is 1.27. The maximum atomic E-state index is 2.36. The molecule has 0 spiro atoms. The summed E-state index contributed by atoms with van der Waals surface area (Å²) in [5.41, 5.74) is 6.06. The SMILES string of the molecule is CCc1c(C(C)C)cc(C)cc1C(C)C. The van der Waals surface area contributed by atoms with Crippen molar-refractivity contribution >= 4 is 0 Å². The minimum atomic E-state index is 0.636. The van der Waals surface area contributed by atoms with Gasteiger partial charge in [-0.05, 0) is 41.9 Å². The molecule has 0 fully saturated rings. The van der Waals surface area contributed by atoms with E-state index in [1.54, 1.807) is 16.7 Å². The smallest absolute Gasteiger partial charge is 0.0216 e. The summed E-state index contributed by atoms with van der Waals surface area (Å²) < 4.78 is 0. The van der Waals surface area contributed by atoms with E-state index in [9.17, 15) is 0 Å². The Bertz CT molecular complexity index is 303. The second-order valence-electron chi connectivity index (χ2n) is 5.08. The van der Waals surface area contributed by atoms with Gasteiger partial charge < -0.3 is 0 Å². The summed E-state index contributed by atoms with van der Waals surface area (Å²) >= 11 is 0. The highest BCUT2D eigenvalue weighted by Crippen LogP contribution is 2.29. The monoisotopic (exact) mass is 204 g/mol. The van der Waals surface area contributed by atoms with Crippen LogP contribution in [0.4, 0.5) is 0 Å². The molecule has 0 aliphatic rings. The molecule has 0 radical (unpaired) electrons. The Morgan fingerprint density at radius 2 is 1.33 bits per heavy atom. The van der Waals surface area contributed by atoms with Crippen molar-refractivity contribution < 1.29 is 0 Å². The van der Waals surface area contributed by atoms with E-state index in [-0.39, 0.29) is 0 Å². The van der Waals surface area contributed by atoms with Crippen molar-refractivity contribution in [3.05, 3.63) is 34.4 Å². The Hall–Kier alpha value is -0.780. The van der Waals surface area contributed by atoms with E-state index in [1.807, 2.05) is 0 Å². The van der Waals surface area contributed by atoms with E-state index in [4.69, 9.17) is 0 Å². The van der Waals surface area contributed by atoms with Gasteiger partial charge in [0.05, 0.1) is 0 Å². The predicted octanol–water partition coefficient (Wildman–Crippen LogP) is 4.80. The second kappa shape index (κ2) is 4.83. The van der Waals surface area contributed by atoms with Crippen LogP contribution in [0.25, 0.3) is 0 Å². The maximum absolute atomic E-state index is 2.36. The average molecular weight is 204 g/mol. The first kappa shape index (κ1) is 12.3. The van der Waals surface area contributed by atoms with Gasteiger partial charge >= 0.3 is 0 Å². The first-order valence-electron chi connectivity index (χ1n) is 6.10. The zero-order valence-electron chi connectivity index (χ0n) is 11.0. The molecule has 1 rings (SSSR count). The second-order valence-corrected chi connectivity index (χ2v) is 5.08. The molecule has 0 saturated heterocycles. The molecule has 0 heterocycles. The summed E-state index contributed by atoms with van der Waals surface area (Å²) in [6, 6.07) is 4.71. The van der Waals surface area contributed by atoms with Gasteiger partial charge in [0.15, 0.2) is 0 Å². The molecule has 0 aromatic heterocycles. The lowest BCUT2D eigenvalue weighted by Crippen LogP contribution is -2.03. The van der Waals surface area contributed by atoms with Gasteiger partial charge in [0.1, 0.15) is 0 Å². The largest absolute Gasteiger partial charge is 0.0613 e. The third kappa shape index (κ3) is 2.62. The first-order chi connectivity index (χ1) is 6.97. The molecule has 1 aromatic carbocycles. The van der Waals surface area contributed by atoms with Crippen molar-refractivity contribution in [2.75, 3.05) is 0 Å². The molecule has 0 amide bonds. The fraction of sp³-hybridized carbons (Fsp3) is 0.600. The average Bonchev–Trinajstić information content (AvgIpc) is 2.16. The van der Waals surface area contributed by atoms with Crippen LogP contribution in [0.5, 0.6) is 0 Å². The topological polar surface area (TPSA) is 0 Å². The van der Waals surface area contributed by atoms with Crippen LogP contribution in [-0.4, -0.2) is 0 Å². The molecule has 0 aliphatic heterocycles. The quantitative estimate of drug-likeness (QED) is 0.663. The van der Waals surface area contributed by atoms with Gasteiger partial charge in [-0.15, -0.1) is 0 Å². The summed E-state index contributed by atoms with van der Waals surface area (Å²) in [4.78, 5) is 0. The molecule has 0 saturated carbocycles. The molecule has 0 unspecified atom stereocenters. The molecule has 0 aliphatic carbocycles. The minimum absolute atomic E-state index is 0.636. The Kier molecular flexibility index (Phi) is 3.96. The fourth-order valence-electron chi connectivity index (χ4n) is 2.31. The predicted molar refractivity (Wildman–Crippen MR) is 68.7 cm³/mol. The van der Waals surface area contributed by atoms with Crippen molar-refractivity contribution in [2.24, 2.45) is 0 Å². The number of rotatable bonds is 3. The highest BCUT2D eigenvalue weighted by Gasteiger charge is 2.12. The highest BCUT2D eigenvalue weighted by atomic mass is 14.2. The normalized spacial score (nSPS) is 11.5. The van der Waals surface area contributed by atoms with Crippen LogP contribution in [-0.2, 0) is 6.42 Å². The maximum Gasteiger partial charge on any atom is -0.0216 e. The molecule has 84 valence electrons. The third-order valence-corrected chi connectivity index (χ3v) is 3.06. The van der Waals surface area contributed by atoms with Gasteiger partial charge in [0, 0.05) is 0 Å². The summed E-state index contributed by atoms with van der Waals surface area (Å²) in [6.07, 6.45) is 1.15. The number of aryl methyl sites for hydroxylation is 1. The molecular weight excluding hydrogens is 180 g/mol. The van der Waals surface area contributed by atoms with E-state index in [0.717, 1.165) is 6.42 Å². The summed E-state index contributed by atoms with van der Waals surface area (Å²) in [6.45, 7) is 13.6. The number of hydrogen-bond acceptors (Lipinski definition) is 0. The van der Waals surface area contributed by atoms with E-state index in [0.29, 0.717) is 11.8 Å². The minimum Gasteiger partial charge on any atom is -0.0613 e. The summed E-state index contributed by atoms with van der Waals surface area (Å²) in [7, 11) is 0. The van der Waals surface area contributed by atoms with E-state index < -0.39 is 0 Å². The van der Waals surface area contributed by atoms with Crippen molar-refractivity contribution in [3.8, 4) is 0 Å². The van der Waals surface area contributed by atoms with Crippen LogP contribution < -0.4 is 0 Å². The van der Waals surface area contributed by atoms with E-state index in [1.165, 1.54) is 5.56 Å². The molecule has 15 heavy (non-hydrogen) atoms. The van der Waals surface area contributed by atoms with E-state index >= 15 is 0 Å². The van der Waals surface area contributed by atoms with Gasteiger partial charge in [-0.2, -0.15) is 0 Å². The zero-order chi connectivity index (χ0) is 11.6. The molecule has 0 bridgehead atoms. The van der Waals surface area contributed by atoms with Crippen LogP contribution >= 0.6 is 0 Å². The molecular formula is C15H24. The highest BCUT2D eigenvalue weighted by molar-refractivity contribution is 5.42. The Balaban J connectivity index is 3.38. The van der Waals surface area contributed by atoms with Crippen LogP contribution in [0.3, 0.4) is 0 Å². The molecule has 0 nitrogen and oxygen atoms in total.